The van der Waals surface area contributed by atoms with E-state index in [4.69, 9.17) is 0 Å². The van der Waals surface area contributed by atoms with Gasteiger partial charge < -0.3 is 15.1 Å². The standard InChI is InChI=1S/C19H25N3OS/c1-3-17(18-5-4-14-24-18)20-19(23)15-6-8-16(9-7-15)22-12-10-21(2)11-13-22/h4-9,14,17H,3,10-13H2,1-2H3,(H,20,23)/t17-/m1/s1. The van der Waals surface area contributed by atoms with Gasteiger partial charge >= 0.3 is 0 Å². The molecule has 0 unspecified atom stereocenters. The molecule has 0 bridgehead atoms. The van der Waals surface area contributed by atoms with Crippen molar-refractivity contribution in [3.05, 3.63) is 52.2 Å². The molecule has 1 aliphatic heterocycles. The number of carbonyl (C=O) groups excluding carboxylic acids is 1. The number of hydrogen-bond donors (Lipinski definition) is 1. The lowest BCUT2D eigenvalue weighted by molar-refractivity contribution is 0.0936. The Hall–Kier alpha value is -1.85. The van der Waals surface area contributed by atoms with E-state index in [1.807, 2.05) is 18.2 Å². The highest BCUT2D eigenvalue weighted by Crippen LogP contribution is 2.23. The van der Waals surface area contributed by atoms with Crippen LogP contribution in [-0.4, -0.2) is 44.0 Å². The normalized spacial score (nSPS) is 16.8. The van der Waals surface area contributed by atoms with Crippen LogP contribution in [0.1, 0.15) is 34.6 Å². The van der Waals surface area contributed by atoms with Gasteiger partial charge in [0, 0.05) is 42.3 Å². The molecule has 0 spiro atoms. The van der Waals surface area contributed by atoms with E-state index in [9.17, 15) is 4.79 Å². The van der Waals surface area contributed by atoms with Crippen LogP contribution in [0.4, 0.5) is 5.69 Å². The molecule has 1 amide bonds. The molecule has 1 saturated heterocycles. The van der Waals surface area contributed by atoms with Crippen LogP contribution in [0.15, 0.2) is 41.8 Å². The van der Waals surface area contributed by atoms with E-state index in [1.54, 1.807) is 11.3 Å². The van der Waals surface area contributed by atoms with E-state index < -0.39 is 0 Å². The molecule has 1 aromatic heterocycles. The number of hydrogen-bond acceptors (Lipinski definition) is 4. The summed E-state index contributed by atoms with van der Waals surface area (Å²) >= 11 is 1.69. The fourth-order valence-corrected chi connectivity index (χ4v) is 3.86. The van der Waals surface area contributed by atoms with Crippen LogP contribution in [0.5, 0.6) is 0 Å². The number of piperazine rings is 1. The summed E-state index contributed by atoms with van der Waals surface area (Å²) in [6.45, 7) is 6.35. The lowest BCUT2D eigenvalue weighted by atomic mass is 10.1. The lowest BCUT2D eigenvalue weighted by Gasteiger charge is -2.34. The third kappa shape index (κ3) is 3.97. The summed E-state index contributed by atoms with van der Waals surface area (Å²) in [5, 5.41) is 5.19. The summed E-state index contributed by atoms with van der Waals surface area (Å²) in [5.41, 5.74) is 1.92. The van der Waals surface area contributed by atoms with Gasteiger partial charge in [-0.2, -0.15) is 0 Å². The van der Waals surface area contributed by atoms with Gasteiger partial charge in [-0.3, -0.25) is 4.79 Å². The fourth-order valence-electron chi connectivity index (χ4n) is 2.99. The smallest absolute Gasteiger partial charge is 0.251 e. The third-order valence-electron chi connectivity index (χ3n) is 4.60. The number of anilines is 1. The van der Waals surface area contributed by atoms with E-state index in [-0.39, 0.29) is 11.9 Å². The minimum Gasteiger partial charge on any atom is -0.369 e. The molecule has 1 N–H and O–H groups in total. The highest BCUT2D eigenvalue weighted by Gasteiger charge is 2.17. The Labute approximate surface area is 148 Å². The summed E-state index contributed by atoms with van der Waals surface area (Å²) in [4.78, 5) is 18.4. The van der Waals surface area contributed by atoms with Gasteiger partial charge in [-0.15, -0.1) is 11.3 Å². The number of nitrogens with one attached hydrogen (secondary N) is 1. The average molecular weight is 343 g/mol. The summed E-state index contributed by atoms with van der Waals surface area (Å²) in [6.07, 6.45) is 0.894. The zero-order chi connectivity index (χ0) is 16.9. The molecule has 1 aromatic carbocycles. The first-order valence-corrected chi connectivity index (χ1v) is 9.43. The van der Waals surface area contributed by atoms with Crippen molar-refractivity contribution in [2.45, 2.75) is 19.4 Å². The zero-order valence-electron chi connectivity index (χ0n) is 14.4. The van der Waals surface area contributed by atoms with Gasteiger partial charge in [0.2, 0.25) is 0 Å². The summed E-state index contributed by atoms with van der Waals surface area (Å²) < 4.78 is 0. The predicted octanol–water partition coefficient (Wildman–Crippen LogP) is 3.38. The summed E-state index contributed by atoms with van der Waals surface area (Å²) in [7, 11) is 2.16. The zero-order valence-corrected chi connectivity index (χ0v) is 15.2. The van der Waals surface area contributed by atoms with E-state index in [0.29, 0.717) is 0 Å². The molecule has 4 nitrogen and oxygen atoms in total. The van der Waals surface area contributed by atoms with Gasteiger partial charge in [0.15, 0.2) is 0 Å². The molecule has 5 heteroatoms. The van der Waals surface area contributed by atoms with Crippen molar-refractivity contribution < 1.29 is 4.79 Å². The van der Waals surface area contributed by atoms with Crippen molar-refractivity contribution in [3.8, 4) is 0 Å². The van der Waals surface area contributed by atoms with Crippen LogP contribution >= 0.6 is 11.3 Å². The molecule has 3 rings (SSSR count). The number of amides is 1. The molecule has 24 heavy (non-hydrogen) atoms. The first kappa shape index (κ1) is 17.0. The molecule has 0 saturated carbocycles. The minimum atomic E-state index is 0.000164. The van der Waals surface area contributed by atoms with Crippen molar-refractivity contribution >= 4 is 22.9 Å². The first-order valence-electron chi connectivity index (χ1n) is 8.55. The molecule has 1 aliphatic rings. The Morgan fingerprint density at radius 2 is 1.88 bits per heavy atom. The molecular formula is C19H25N3OS. The van der Waals surface area contributed by atoms with Crippen LogP contribution < -0.4 is 10.2 Å². The van der Waals surface area contributed by atoms with Gasteiger partial charge in [0.1, 0.15) is 0 Å². The van der Waals surface area contributed by atoms with Gasteiger partial charge in [-0.25, -0.2) is 0 Å². The van der Waals surface area contributed by atoms with Crippen molar-refractivity contribution in [1.82, 2.24) is 10.2 Å². The highest BCUT2D eigenvalue weighted by molar-refractivity contribution is 7.10. The summed E-state index contributed by atoms with van der Waals surface area (Å²) in [5.74, 6) is 0.000164. The predicted molar refractivity (Wildman–Crippen MR) is 101 cm³/mol. The SMILES string of the molecule is CC[C@@H](NC(=O)c1ccc(N2CCN(C)CC2)cc1)c1cccs1. The van der Waals surface area contributed by atoms with Crippen LogP contribution in [0, 0.1) is 0 Å². The van der Waals surface area contributed by atoms with E-state index in [1.165, 1.54) is 10.6 Å². The van der Waals surface area contributed by atoms with Gasteiger partial charge in [-0.1, -0.05) is 13.0 Å². The van der Waals surface area contributed by atoms with Gasteiger partial charge in [-0.05, 0) is 49.2 Å². The Kier molecular flexibility index (Phi) is 5.53. The molecule has 1 fully saturated rings. The van der Waals surface area contributed by atoms with E-state index >= 15 is 0 Å². The number of rotatable bonds is 5. The molecule has 2 heterocycles. The Bertz CT molecular complexity index is 646. The van der Waals surface area contributed by atoms with Crippen molar-refractivity contribution in [2.24, 2.45) is 0 Å². The number of likely N-dealkylation sites (N-methyl/N-ethyl adjacent to an activating group) is 1. The summed E-state index contributed by atoms with van der Waals surface area (Å²) in [6, 6.07) is 12.2. The molecule has 2 aromatic rings. The Balaban J connectivity index is 1.63. The Morgan fingerprint density at radius 3 is 2.46 bits per heavy atom. The van der Waals surface area contributed by atoms with Crippen LogP contribution in [0.3, 0.4) is 0 Å². The lowest BCUT2D eigenvalue weighted by Crippen LogP contribution is -2.44. The molecule has 0 radical (unpaired) electrons. The van der Waals surface area contributed by atoms with Gasteiger partial charge in [0.05, 0.1) is 6.04 Å². The van der Waals surface area contributed by atoms with E-state index in [2.05, 4.69) is 52.7 Å². The third-order valence-corrected chi connectivity index (χ3v) is 5.58. The molecule has 1 atom stereocenters. The second-order valence-corrected chi connectivity index (χ2v) is 7.27. The maximum absolute atomic E-state index is 12.5. The van der Waals surface area contributed by atoms with Crippen molar-refractivity contribution in [1.29, 1.82) is 0 Å². The van der Waals surface area contributed by atoms with Crippen LogP contribution in [-0.2, 0) is 0 Å². The monoisotopic (exact) mass is 343 g/mol. The van der Waals surface area contributed by atoms with Crippen LogP contribution in [0.2, 0.25) is 0 Å². The highest BCUT2D eigenvalue weighted by atomic mass is 32.1. The first-order chi connectivity index (χ1) is 11.7. The minimum absolute atomic E-state index is 0.000164. The second kappa shape index (κ2) is 7.81. The maximum atomic E-state index is 12.5. The van der Waals surface area contributed by atoms with Crippen molar-refractivity contribution in [2.75, 3.05) is 38.1 Å². The van der Waals surface area contributed by atoms with Crippen LogP contribution in [0.25, 0.3) is 0 Å². The average Bonchev–Trinajstić information content (AvgIpc) is 3.15. The molecule has 0 aliphatic carbocycles. The maximum Gasteiger partial charge on any atom is 0.251 e. The molecule has 128 valence electrons. The number of thiophene rings is 1. The van der Waals surface area contributed by atoms with Crippen molar-refractivity contribution in [3.63, 3.8) is 0 Å². The number of carbonyl (C=O) groups is 1. The van der Waals surface area contributed by atoms with Gasteiger partial charge in [0.25, 0.3) is 5.91 Å². The second-order valence-electron chi connectivity index (χ2n) is 6.29. The number of benzene rings is 1. The topological polar surface area (TPSA) is 35.6 Å². The Morgan fingerprint density at radius 1 is 1.17 bits per heavy atom. The molecular weight excluding hydrogens is 318 g/mol. The quantitative estimate of drug-likeness (QED) is 0.904. The number of nitrogens with zero attached hydrogens (tertiary/aromatic N) is 2. The fraction of sp³-hybridized carbons (Fsp3) is 0.421. The largest absolute Gasteiger partial charge is 0.369 e. The van der Waals surface area contributed by atoms with E-state index in [0.717, 1.165) is 38.2 Å².